The van der Waals surface area contributed by atoms with E-state index in [0.717, 1.165) is 32.1 Å². The van der Waals surface area contributed by atoms with Crippen LogP contribution in [0.3, 0.4) is 0 Å². The van der Waals surface area contributed by atoms with Crippen molar-refractivity contribution >= 4 is 5.78 Å². The highest BCUT2D eigenvalue weighted by molar-refractivity contribution is 5.96. The Morgan fingerprint density at radius 3 is 2.35 bits per heavy atom. The number of nitro groups is 1. The van der Waals surface area contributed by atoms with Gasteiger partial charge in [0.05, 0.1) is 6.10 Å². The quantitative estimate of drug-likeness (QED) is 0.474. The highest BCUT2D eigenvalue weighted by Gasteiger charge is 2.53. The van der Waals surface area contributed by atoms with Crippen LogP contribution in [0, 0.1) is 10.1 Å². The topological polar surface area (TPSA) is 98.9 Å². The van der Waals surface area contributed by atoms with Crippen LogP contribution in [0.15, 0.2) is 30.3 Å². The van der Waals surface area contributed by atoms with Crippen molar-refractivity contribution in [2.45, 2.75) is 62.4 Å². The Bertz CT molecular complexity index is 631. The molecule has 1 aliphatic carbocycles. The van der Waals surface area contributed by atoms with E-state index in [9.17, 15) is 20.0 Å². The van der Waals surface area contributed by atoms with E-state index in [2.05, 4.69) is 0 Å². The molecule has 1 saturated heterocycles. The van der Waals surface area contributed by atoms with Gasteiger partial charge in [-0.3, -0.25) is 14.9 Å². The molecule has 26 heavy (non-hydrogen) atoms. The van der Waals surface area contributed by atoms with E-state index in [1.54, 1.807) is 30.3 Å². The van der Waals surface area contributed by atoms with Gasteiger partial charge < -0.3 is 14.6 Å². The van der Waals surface area contributed by atoms with Gasteiger partial charge in [-0.15, -0.1) is 0 Å². The summed E-state index contributed by atoms with van der Waals surface area (Å²) in [5.41, 5.74) is -1.03. The molecule has 1 aromatic carbocycles. The summed E-state index contributed by atoms with van der Waals surface area (Å²) in [6.45, 7) is -0.201. The summed E-state index contributed by atoms with van der Waals surface area (Å²) in [6.07, 6.45) is 3.13. The number of carbonyl (C=O) groups is 1. The van der Waals surface area contributed by atoms with Crippen molar-refractivity contribution in [2.75, 3.05) is 13.2 Å². The van der Waals surface area contributed by atoms with E-state index in [1.807, 2.05) is 0 Å². The fourth-order valence-electron chi connectivity index (χ4n) is 3.76. The predicted octanol–water partition coefficient (Wildman–Crippen LogP) is 2.73. The molecule has 1 atom stereocenters. The second-order valence-electron chi connectivity index (χ2n) is 7.38. The van der Waals surface area contributed by atoms with Crippen LogP contribution in [0.5, 0.6) is 0 Å². The number of aliphatic hydroxyl groups excluding tert-OH is 1. The smallest absolute Gasteiger partial charge is 0.270 e. The maximum atomic E-state index is 12.2. The highest BCUT2D eigenvalue weighted by Crippen LogP contribution is 2.39. The minimum atomic E-state index is -1.51. The summed E-state index contributed by atoms with van der Waals surface area (Å²) in [7, 11) is 0. The van der Waals surface area contributed by atoms with Gasteiger partial charge in [0.1, 0.15) is 13.2 Å². The van der Waals surface area contributed by atoms with Crippen LogP contribution in [-0.2, 0) is 9.47 Å². The Hall–Kier alpha value is -1.83. The molecular weight excluding hydrogens is 338 g/mol. The second-order valence-corrected chi connectivity index (χ2v) is 7.38. The molecule has 1 unspecified atom stereocenters. The third-order valence-corrected chi connectivity index (χ3v) is 5.34. The van der Waals surface area contributed by atoms with Gasteiger partial charge in [-0.05, 0) is 12.8 Å². The molecule has 1 N–H and O–H groups in total. The molecular formula is C19H25NO6. The molecule has 1 spiro atoms. The molecule has 2 aliphatic rings. The summed E-state index contributed by atoms with van der Waals surface area (Å²) in [5, 5.41) is 22.0. The molecule has 0 amide bonds. The van der Waals surface area contributed by atoms with E-state index < -0.39 is 22.4 Å². The van der Waals surface area contributed by atoms with Gasteiger partial charge in [0, 0.05) is 36.2 Å². The first-order chi connectivity index (χ1) is 12.4. The summed E-state index contributed by atoms with van der Waals surface area (Å²) in [6, 6.07) is 8.61. The number of rotatable bonds is 6. The summed E-state index contributed by atoms with van der Waals surface area (Å²) in [5.74, 6) is -0.944. The van der Waals surface area contributed by atoms with Crippen LogP contribution >= 0.6 is 0 Å². The Morgan fingerprint density at radius 1 is 1.15 bits per heavy atom. The van der Waals surface area contributed by atoms with Gasteiger partial charge in [0.25, 0.3) is 5.54 Å². The minimum absolute atomic E-state index is 0.101. The number of carbonyl (C=O) groups excluding carboxylic acids is 1. The monoisotopic (exact) mass is 363 g/mol. The predicted molar refractivity (Wildman–Crippen MR) is 93.5 cm³/mol. The van der Waals surface area contributed by atoms with Crippen molar-refractivity contribution in [2.24, 2.45) is 0 Å². The van der Waals surface area contributed by atoms with Gasteiger partial charge in [0.2, 0.25) is 0 Å². The summed E-state index contributed by atoms with van der Waals surface area (Å²) >= 11 is 0. The van der Waals surface area contributed by atoms with Gasteiger partial charge in [-0.1, -0.05) is 36.8 Å². The van der Waals surface area contributed by atoms with E-state index >= 15 is 0 Å². The molecule has 7 heteroatoms. The van der Waals surface area contributed by atoms with Crippen LogP contribution in [-0.4, -0.2) is 46.5 Å². The van der Waals surface area contributed by atoms with Gasteiger partial charge in [-0.2, -0.15) is 0 Å². The van der Waals surface area contributed by atoms with Crippen molar-refractivity contribution in [1.29, 1.82) is 0 Å². The van der Waals surface area contributed by atoms with Crippen molar-refractivity contribution in [3.8, 4) is 0 Å². The fourth-order valence-corrected chi connectivity index (χ4v) is 3.76. The molecule has 7 nitrogen and oxygen atoms in total. The number of hydrogen-bond donors (Lipinski definition) is 1. The SMILES string of the molecule is O=C(CC(O)CC1([N+](=O)[O-])COC2(CCCCC2)OC1)c1ccccc1. The van der Waals surface area contributed by atoms with Gasteiger partial charge >= 0.3 is 0 Å². The van der Waals surface area contributed by atoms with Crippen molar-refractivity contribution < 1.29 is 24.3 Å². The fraction of sp³-hybridized carbons (Fsp3) is 0.632. The number of aliphatic hydroxyl groups is 1. The zero-order valence-corrected chi connectivity index (χ0v) is 14.8. The average Bonchev–Trinajstić information content (AvgIpc) is 2.65. The maximum Gasteiger partial charge on any atom is 0.270 e. The molecule has 2 fully saturated rings. The van der Waals surface area contributed by atoms with E-state index in [1.165, 1.54) is 0 Å². The van der Waals surface area contributed by atoms with Crippen molar-refractivity contribution in [1.82, 2.24) is 0 Å². The molecule has 1 aliphatic heterocycles. The number of nitrogens with zero attached hydrogens (tertiary/aromatic N) is 1. The number of benzene rings is 1. The zero-order chi connectivity index (χ0) is 18.6. The molecule has 0 bridgehead atoms. The first-order valence-electron chi connectivity index (χ1n) is 9.14. The molecule has 0 radical (unpaired) electrons. The number of hydrogen-bond acceptors (Lipinski definition) is 6. The Kier molecular flexibility index (Phi) is 5.70. The first kappa shape index (κ1) is 18.9. The van der Waals surface area contributed by atoms with Crippen molar-refractivity contribution in [3.63, 3.8) is 0 Å². The van der Waals surface area contributed by atoms with Crippen LogP contribution in [0.1, 0.15) is 55.3 Å². The molecule has 142 valence electrons. The third kappa shape index (κ3) is 4.11. The number of Topliss-reactive ketones (excluding diaryl/α,β-unsaturated/α-hetero) is 1. The minimum Gasteiger partial charge on any atom is -0.392 e. The first-order valence-corrected chi connectivity index (χ1v) is 9.14. The Labute approximate surface area is 152 Å². The summed E-state index contributed by atoms with van der Waals surface area (Å²) < 4.78 is 11.6. The normalized spacial score (nSPS) is 22.7. The summed E-state index contributed by atoms with van der Waals surface area (Å²) in [4.78, 5) is 23.5. The standard InChI is InChI=1S/C19H25NO6/c21-16(11-17(22)15-7-3-1-4-8-15)12-18(20(23)24)13-25-19(26-14-18)9-5-2-6-10-19/h1,3-4,7-8,16,21H,2,5-6,9-14H2. The van der Waals surface area contributed by atoms with Crippen LogP contribution in [0.25, 0.3) is 0 Å². The van der Waals surface area contributed by atoms with Crippen molar-refractivity contribution in [3.05, 3.63) is 46.0 Å². The van der Waals surface area contributed by atoms with Crippen LogP contribution < -0.4 is 0 Å². The molecule has 1 saturated carbocycles. The van der Waals surface area contributed by atoms with Crippen LogP contribution in [0.4, 0.5) is 0 Å². The molecule has 1 heterocycles. The highest BCUT2D eigenvalue weighted by atomic mass is 16.7. The molecule has 0 aromatic heterocycles. The van der Waals surface area contributed by atoms with Gasteiger partial charge in [0.15, 0.2) is 11.6 Å². The zero-order valence-electron chi connectivity index (χ0n) is 14.8. The third-order valence-electron chi connectivity index (χ3n) is 5.34. The number of ether oxygens (including phenoxy) is 2. The lowest BCUT2D eigenvalue weighted by molar-refractivity contribution is -0.600. The largest absolute Gasteiger partial charge is 0.392 e. The molecule has 1 aromatic rings. The maximum absolute atomic E-state index is 12.2. The van der Waals surface area contributed by atoms with E-state index in [-0.39, 0.29) is 31.8 Å². The van der Waals surface area contributed by atoms with E-state index in [4.69, 9.17) is 9.47 Å². The lowest BCUT2D eigenvalue weighted by Gasteiger charge is -2.44. The second kappa shape index (κ2) is 7.82. The lowest BCUT2D eigenvalue weighted by atomic mass is 9.88. The Morgan fingerprint density at radius 2 is 1.77 bits per heavy atom. The average molecular weight is 363 g/mol. The van der Waals surface area contributed by atoms with Gasteiger partial charge in [-0.25, -0.2) is 0 Å². The molecule has 3 rings (SSSR count). The lowest BCUT2D eigenvalue weighted by Crippen LogP contribution is -2.59. The van der Waals surface area contributed by atoms with Crippen LogP contribution in [0.2, 0.25) is 0 Å². The number of ketones is 1. The van der Waals surface area contributed by atoms with E-state index in [0.29, 0.717) is 5.56 Å². The Balaban J connectivity index is 1.61.